The Morgan fingerprint density at radius 1 is 0.931 bits per heavy atom. The Kier molecular flexibility index (Phi) is 5.51. The monoisotopic (exact) mass is 396 g/mol. The van der Waals surface area contributed by atoms with Gasteiger partial charge in [0.1, 0.15) is 5.82 Å². The normalized spacial score (nSPS) is 18.1. The molecule has 0 N–H and O–H groups in total. The first-order chi connectivity index (χ1) is 14.1. The van der Waals surface area contributed by atoms with Crippen molar-refractivity contribution in [2.75, 3.05) is 37.7 Å². The number of carbonyl (C=O) groups is 2. The fraction of sp³-hybridized carbons (Fsp3) is 0.391. The highest BCUT2D eigenvalue weighted by molar-refractivity contribution is 5.87. The van der Waals surface area contributed by atoms with Crippen LogP contribution in [0.4, 0.5) is 10.1 Å². The van der Waals surface area contributed by atoms with Gasteiger partial charge in [-0.2, -0.15) is 0 Å². The van der Waals surface area contributed by atoms with Crippen LogP contribution in [0, 0.1) is 5.82 Å². The highest BCUT2D eigenvalue weighted by Crippen LogP contribution is 2.44. The molecule has 152 valence electrons. The third kappa shape index (κ3) is 3.84. The summed E-state index contributed by atoms with van der Waals surface area (Å²) in [5.41, 5.74) is 0.911. The van der Waals surface area contributed by atoms with Gasteiger partial charge in [0.25, 0.3) is 5.91 Å². The molecule has 1 heterocycles. The second-order valence-corrected chi connectivity index (χ2v) is 7.70. The SMILES string of the molecule is O=C(COC(=O)C1(c2ccccc2)CCC1)N1CCN(c2ccccc2F)CC1. The van der Waals surface area contributed by atoms with Crippen LogP contribution in [0.5, 0.6) is 0 Å². The number of para-hydroxylation sites is 1. The number of hydrogen-bond donors (Lipinski definition) is 0. The molecule has 0 radical (unpaired) electrons. The molecule has 5 nitrogen and oxygen atoms in total. The van der Waals surface area contributed by atoms with E-state index in [0.29, 0.717) is 31.9 Å². The second kappa shape index (κ2) is 8.23. The summed E-state index contributed by atoms with van der Waals surface area (Å²) in [6.07, 6.45) is 2.49. The van der Waals surface area contributed by atoms with E-state index in [-0.39, 0.29) is 24.3 Å². The van der Waals surface area contributed by atoms with Crippen LogP contribution in [0.15, 0.2) is 54.6 Å². The first kappa shape index (κ1) is 19.4. The van der Waals surface area contributed by atoms with Gasteiger partial charge in [0.05, 0.1) is 11.1 Å². The molecule has 0 atom stereocenters. The van der Waals surface area contributed by atoms with E-state index in [9.17, 15) is 14.0 Å². The van der Waals surface area contributed by atoms with Gasteiger partial charge in [0.2, 0.25) is 0 Å². The Balaban J connectivity index is 1.30. The van der Waals surface area contributed by atoms with Crippen molar-refractivity contribution in [1.29, 1.82) is 0 Å². The number of benzene rings is 2. The zero-order valence-corrected chi connectivity index (χ0v) is 16.4. The molecule has 1 saturated carbocycles. The van der Waals surface area contributed by atoms with Crippen molar-refractivity contribution in [2.24, 2.45) is 0 Å². The van der Waals surface area contributed by atoms with Crippen molar-refractivity contribution in [3.05, 3.63) is 66.0 Å². The predicted molar refractivity (Wildman–Crippen MR) is 108 cm³/mol. The summed E-state index contributed by atoms with van der Waals surface area (Å²) < 4.78 is 19.4. The topological polar surface area (TPSA) is 49.9 Å². The van der Waals surface area contributed by atoms with E-state index in [1.807, 2.05) is 35.2 Å². The van der Waals surface area contributed by atoms with Crippen molar-refractivity contribution >= 4 is 17.6 Å². The number of esters is 1. The number of anilines is 1. The zero-order chi connectivity index (χ0) is 20.3. The van der Waals surface area contributed by atoms with Crippen molar-refractivity contribution in [2.45, 2.75) is 24.7 Å². The zero-order valence-electron chi connectivity index (χ0n) is 16.4. The molecule has 2 aliphatic rings. The maximum atomic E-state index is 14.0. The predicted octanol–water partition coefficient (Wildman–Crippen LogP) is 3.14. The summed E-state index contributed by atoms with van der Waals surface area (Å²) in [6.45, 7) is 1.82. The van der Waals surface area contributed by atoms with Crippen LogP contribution in [0.1, 0.15) is 24.8 Å². The van der Waals surface area contributed by atoms with Crippen LogP contribution >= 0.6 is 0 Å². The number of nitrogens with zero attached hydrogens (tertiary/aromatic N) is 2. The molecule has 0 aromatic heterocycles. The molecule has 0 bridgehead atoms. The minimum atomic E-state index is -0.606. The van der Waals surface area contributed by atoms with Crippen molar-refractivity contribution < 1.29 is 18.7 Å². The molecule has 29 heavy (non-hydrogen) atoms. The number of piperazine rings is 1. The van der Waals surface area contributed by atoms with E-state index >= 15 is 0 Å². The quantitative estimate of drug-likeness (QED) is 0.729. The minimum absolute atomic E-state index is 0.200. The van der Waals surface area contributed by atoms with E-state index in [0.717, 1.165) is 24.8 Å². The van der Waals surface area contributed by atoms with Crippen LogP contribution < -0.4 is 4.90 Å². The Morgan fingerprint density at radius 3 is 2.21 bits per heavy atom. The number of halogens is 1. The van der Waals surface area contributed by atoms with Gasteiger partial charge in [-0.05, 0) is 30.5 Å². The van der Waals surface area contributed by atoms with Crippen molar-refractivity contribution in [3.63, 3.8) is 0 Å². The van der Waals surface area contributed by atoms with Crippen LogP contribution in [0.2, 0.25) is 0 Å². The number of ether oxygens (including phenoxy) is 1. The smallest absolute Gasteiger partial charge is 0.317 e. The van der Waals surface area contributed by atoms with E-state index < -0.39 is 5.41 Å². The molecule has 2 aromatic carbocycles. The average Bonchev–Trinajstić information content (AvgIpc) is 2.72. The Bertz CT molecular complexity index is 875. The number of hydrogen-bond acceptors (Lipinski definition) is 4. The van der Waals surface area contributed by atoms with Crippen molar-refractivity contribution in [3.8, 4) is 0 Å². The van der Waals surface area contributed by atoms with Gasteiger partial charge in [-0.1, -0.05) is 48.9 Å². The molecule has 1 saturated heterocycles. The van der Waals surface area contributed by atoms with Gasteiger partial charge in [0.15, 0.2) is 6.61 Å². The molecule has 4 rings (SSSR count). The lowest BCUT2D eigenvalue weighted by Crippen LogP contribution is -2.51. The van der Waals surface area contributed by atoms with Crippen LogP contribution in [0.25, 0.3) is 0 Å². The average molecular weight is 396 g/mol. The van der Waals surface area contributed by atoms with Gasteiger partial charge in [-0.25, -0.2) is 4.39 Å². The first-order valence-electron chi connectivity index (χ1n) is 10.1. The molecule has 1 amide bonds. The summed E-state index contributed by atoms with van der Waals surface area (Å²) >= 11 is 0. The maximum Gasteiger partial charge on any atom is 0.317 e. The summed E-state index contributed by atoms with van der Waals surface area (Å²) in [5, 5.41) is 0. The van der Waals surface area contributed by atoms with Crippen molar-refractivity contribution in [1.82, 2.24) is 4.90 Å². The Hall–Kier alpha value is -2.89. The van der Waals surface area contributed by atoms with Crippen LogP contribution in [-0.4, -0.2) is 49.6 Å². The highest BCUT2D eigenvalue weighted by Gasteiger charge is 2.47. The molecular formula is C23H25FN2O3. The number of amides is 1. The lowest BCUT2D eigenvalue weighted by Gasteiger charge is -2.40. The second-order valence-electron chi connectivity index (χ2n) is 7.70. The fourth-order valence-electron chi connectivity index (χ4n) is 4.16. The largest absolute Gasteiger partial charge is 0.455 e. The van der Waals surface area contributed by atoms with Gasteiger partial charge < -0.3 is 14.5 Å². The van der Waals surface area contributed by atoms with Gasteiger partial charge in [-0.3, -0.25) is 9.59 Å². The third-order valence-electron chi connectivity index (χ3n) is 6.08. The number of rotatable bonds is 5. The van der Waals surface area contributed by atoms with E-state index in [1.54, 1.807) is 23.1 Å². The maximum absolute atomic E-state index is 14.0. The summed E-state index contributed by atoms with van der Waals surface area (Å²) in [7, 11) is 0. The Labute approximate surface area is 170 Å². The van der Waals surface area contributed by atoms with E-state index in [1.165, 1.54) is 6.07 Å². The Morgan fingerprint density at radius 2 is 1.59 bits per heavy atom. The first-order valence-corrected chi connectivity index (χ1v) is 10.1. The molecule has 0 unspecified atom stereocenters. The van der Waals surface area contributed by atoms with E-state index in [2.05, 4.69) is 0 Å². The van der Waals surface area contributed by atoms with Gasteiger partial charge in [-0.15, -0.1) is 0 Å². The van der Waals surface area contributed by atoms with Gasteiger partial charge >= 0.3 is 5.97 Å². The molecule has 1 aliphatic carbocycles. The summed E-state index contributed by atoms with van der Waals surface area (Å²) in [5.74, 6) is -0.768. The molecule has 2 fully saturated rings. The van der Waals surface area contributed by atoms with E-state index in [4.69, 9.17) is 4.74 Å². The molecule has 0 spiro atoms. The highest BCUT2D eigenvalue weighted by atomic mass is 19.1. The minimum Gasteiger partial charge on any atom is -0.455 e. The third-order valence-corrected chi connectivity index (χ3v) is 6.08. The molecule has 2 aromatic rings. The molecule has 6 heteroatoms. The molecule has 1 aliphatic heterocycles. The van der Waals surface area contributed by atoms with Crippen LogP contribution in [-0.2, 0) is 19.7 Å². The molecular weight excluding hydrogens is 371 g/mol. The van der Waals surface area contributed by atoms with Gasteiger partial charge in [0, 0.05) is 26.2 Å². The summed E-state index contributed by atoms with van der Waals surface area (Å²) in [6, 6.07) is 16.3. The lowest BCUT2D eigenvalue weighted by atomic mass is 9.64. The summed E-state index contributed by atoms with van der Waals surface area (Å²) in [4.78, 5) is 28.9. The fourth-order valence-corrected chi connectivity index (χ4v) is 4.16. The van der Waals surface area contributed by atoms with Crippen LogP contribution in [0.3, 0.4) is 0 Å². The number of carbonyl (C=O) groups excluding carboxylic acids is 2. The standard InChI is InChI=1S/C23H25FN2O3/c24-19-9-4-5-10-20(19)25-13-15-26(16-14-25)21(27)17-29-22(28)23(11-6-12-23)18-7-2-1-3-8-18/h1-5,7-10H,6,11-17H2. The lowest BCUT2D eigenvalue weighted by molar-refractivity contribution is -0.160.